The molecule has 0 radical (unpaired) electrons. The molecule has 2 saturated heterocycles. The average molecular weight is 362 g/mol. The van der Waals surface area contributed by atoms with Gasteiger partial charge in [-0.15, -0.1) is 17.9 Å². The minimum Gasteiger partial charge on any atom is -0.469 e. The number of aryl methyl sites for hydroxylation is 1. The molecule has 0 aromatic carbocycles. The van der Waals surface area contributed by atoms with Crippen LogP contribution in [0.25, 0.3) is 0 Å². The third kappa shape index (κ3) is 3.25. The largest absolute Gasteiger partial charge is 0.469 e. The molecule has 2 aliphatic rings. The maximum Gasteiger partial charge on any atom is 0.311 e. The molecule has 1 unspecified atom stereocenters. The minimum atomic E-state index is -0.417. The molecule has 25 heavy (non-hydrogen) atoms. The molecule has 1 spiro atoms. The number of hydrogen-bond donors (Lipinski definition) is 0. The average Bonchev–Trinajstić information content (AvgIpc) is 3.13. The molecule has 136 valence electrons. The molecule has 1 atom stereocenters. The number of piperidine rings is 1. The van der Waals surface area contributed by atoms with Crippen molar-refractivity contribution in [1.29, 1.82) is 0 Å². The molecule has 6 heteroatoms. The van der Waals surface area contributed by atoms with Crippen LogP contribution in [0.15, 0.2) is 24.1 Å². The van der Waals surface area contributed by atoms with Crippen molar-refractivity contribution in [2.75, 3.05) is 26.7 Å². The monoisotopic (exact) mass is 362 g/mol. The molecule has 0 saturated carbocycles. The summed E-state index contributed by atoms with van der Waals surface area (Å²) in [6, 6.07) is 2.15. The zero-order valence-corrected chi connectivity index (χ0v) is 15.8. The summed E-state index contributed by atoms with van der Waals surface area (Å²) in [6.45, 7) is 9.13. The summed E-state index contributed by atoms with van der Waals surface area (Å²) in [7, 11) is 1.41. The van der Waals surface area contributed by atoms with Gasteiger partial charge in [-0.25, -0.2) is 0 Å². The van der Waals surface area contributed by atoms with E-state index in [9.17, 15) is 9.59 Å². The highest BCUT2D eigenvalue weighted by molar-refractivity contribution is 7.10. The van der Waals surface area contributed by atoms with Gasteiger partial charge in [-0.1, -0.05) is 6.08 Å². The van der Waals surface area contributed by atoms with Gasteiger partial charge < -0.3 is 9.64 Å². The Bertz CT molecular complexity index is 661. The highest BCUT2D eigenvalue weighted by Crippen LogP contribution is 2.44. The Morgan fingerprint density at radius 1 is 1.48 bits per heavy atom. The summed E-state index contributed by atoms with van der Waals surface area (Å²) in [6.07, 6.45) is 3.61. The SMILES string of the molecule is C=CCN1C(=O)CC(C(=O)OC)C12CCN(Cc1sccc1C)CC2. The molecule has 0 N–H and O–H groups in total. The van der Waals surface area contributed by atoms with Crippen LogP contribution >= 0.6 is 11.3 Å². The lowest BCUT2D eigenvalue weighted by Crippen LogP contribution is -2.57. The Morgan fingerprint density at radius 2 is 2.20 bits per heavy atom. The third-order valence-electron chi connectivity index (χ3n) is 5.72. The van der Waals surface area contributed by atoms with Gasteiger partial charge in [0, 0.05) is 37.5 Å². The van der Waals surface area contributed by atoms with Crippen LogP contribution in [-0.4, -0.2) is 54.0 Å². The van der Waals surface area contributed by atoms with E-state index in [2.05, 4.69) is 29.8 Å². The quantitative estimate of drug-likeness (QED) is 0.597. The zero-order valence-electron chi connectivity index (χ0n) is 15.0. The number of hydrogen-bond acceptors (Lipinski definition) is 5. The standard InChI is InChI=1S/C19H26N2O3S/c1-4-8-21-17(22)12-15(18(23)24-3)19(21)6-9-20(10-7-19)13-16-14(2)5-11-25-16/h4-5,11,15H,1,6-10,12-13H2,2-3H3. The Morgan fingerprint density at radius 3 is 2.76 bits per heavy atom. The van der Waals surface area contributed by atoms with Gasteiger partial charge in [0.2, 0.25) is 5.91 Å². The van der Waals surface area contributed by atoms with Crippen LogP contribution in [0.5, 0.6) is 0 Å². The van der Waals surface area contributed by atoms with E-state index in [0.29, 0.717) is 6.54 Å². The Balaban J connectivity index is 1.76. The molecule has 0 bridgehead atoms. The summed E-state index contributed by atoms with van der Waals surface area (Å²) in [5.74, 6) is -0.587. The smallest absolute Gasteiger partial charge is 0.311 e. The molecule has 5 nitrogen and oxygen atoms in total. The van der Waals surface area contributed by atoms with Gasteiger partial charge >= 0.3 is 5.97 Å². The molecule has 0 aliphatic carbocycles. The van der Waals surface area contributed by atoms with E-state index in [4.69, 9.17) is 4.74 Å². The second-order valence-corrected chi connectivity index (χ2v) is 7.98. The summed E-state index contributed by atoms with van der Waals surface area (Å²) in [5, 5.41) is 2.13. The Hall–Kier alpha value is -1.66. The number of carbonyl (C=O) groups excluding carboxylic acids is 2. The van der Waals surface area contributed by atoms with Crippen LogP contribution in [-0.2, 0) is 20.9 Å². The first-order chi connectivity index (χ1) is 12.0. The van der Waals surface area contributed by atoms with Crippen molar-refractivity contribution in [3.63, 3.8) is 0 Å². The van der Waals surface area contributed by atoms with E-state index in [0.717, 1.165) is 32.5 Å². The van der Waals surface area contributed by atoms with E-state index < -0.39 is 5.54 Å². The number of methoxy groups -OCH3 is 1. The second-order valence-electron chi connectivity index (χ2n) is 6.98. The highest BCUT2D eigenvalue weighted by Gasteiger charge is 2.56. The van der Waals surface area contributed by atoms with Crippen LogP contribution < -0.4 is 0 Å². The van der Waals surface area contributed by atoms with Crippen molar-refractivity contribution < 1.29 is 14.3 Å². The predicted molar refractivity (Wildman–Crippen MR) is 98.3 cm³/mol. The van der Waals surface area contributed by atoms with E-state index >= 15 is 0 Å². The summed E-state index contributed by atoms with van der Waals surface area (Å²) >= 11 is 1.79. The zero-order chi connectivity index (χ0) is 18.0. The number of carbonyl (C=O) groups is 2. The van der Waals surface area contributed by atoms with Crippen molar-refractivity contribution in [1.82, 2.24) is 9.80 Å². The maximum atomic E-state index is 12.5. The van der Waals surface area contributed by atoms with Crippen molar-refractivity contribution in [2.45, 2.75) is 38.3 Å². The predicted octanol–water partition coefficient (Wildman–Crippen LogP) is 2.60. The van der Waals surface area contributed by atoms with Gasteiger partial charge in [0.1, 0.15) is 0 Å². The molecule has 2 fully saturated rings. The van der Waals surface area contributed by atoms with Crippen molar-refractivity contribution in [2.24, 2.45) is 5.92 Å². The van der Waals surface area contributed by atoms with Crippen LogP contribution in [0.2, 0.25) is 0 Å². The Labute approximate surface area is 153 Å². The lowest BCUT2D eigenvalue weighted by atomic mass is 9.76. The van der Waals surface area contributed by atoms with E-state index in [1.807, 2.05) is 4.90 Å². The summed E-state index contributed by atoms with van der Waals surface area (Å²) < 4.78 is 5.01. The number of thiophene rings is 1. The highest BCUT2D eigenvalue weighted by atomic mass is 32.1. The van der Waals surface area contributed by atoms with Crippen molar-refractivity contribution >= 4 is 23.2 Å². The van der Waals surface area contributed by atoms with E-state index in [1.54, 1.807) is 17.4 Å². The topological polar surface area (TPSA) is 49.9 Å². The Kier molecular flexibility index (Phi) is 5.29. The first-order valence-electron chi connectivity index (χ1n) is 8.76. The molecule has 2 aliphatic heterocycles. The number of nitrogens with zero attached hydrogens (tertiary/aromatic N) is 2. The van der Waals surface area contributed by atoms with Crippen LogP contribution in [0.1, 0.15) is 29.7 Å². The van der Waals surface area contributed by atoms with Crippen molar-refractivity contribution in [3.8, 4) is 0 Å². The van der Waals surface area contributed by atoms with Crippen LogP contribution in [0.4, 0.5) is 0 Å². The van der Waals surface area contributed by atoms with Gasteiger partial charge in [-0.2, -0.15) is 0 Å². The summed E-state index contributed by atoms with van der Waals surface area (Å²) in [4.78, 5) is 30.5. The van der Waals surface area contributed by atoms with E-state index in [-0.39, 0.29) is 24.2 Å². The summed E-state index contributed by atoms with van der Waals surface area (Å²) in [5.41, 5.74) is 0.918. The number of amides is 1. The number of rotatable bonds is 5. The van der Waals surface area contributed by atoms with Gasteiger partial charge in [0.15, 0.2) is 0 Å². The number of esters is 1. The number of ether oxygens (including phenoxy) is 1. The second kappa shape index (κ2) is 7.30. The fourth-order valence-electron chi connectivity index (χ4n) is 4.25. The molecular weight excluding hydrogens is 336 g/mol. The third-order valence-corrected chi connectivity index (χ3v) is 6.73. The van der Waals surface area contributed by atoms with Crippen molar-refractivity contribution in [3.05, 3.63) is 34.5 Å². The van der Waals surface area contributed by atoms with Crippen LogP contribution in [0, 0.1) is 12.8 Å². The molecule has 3 heterocycles. The molecule has 1 amide bonds. The lowest BCUT2D eigenvalue weighted by Gasteiger charge is -2.46. The van der Waals surface area contributed by atoms with Gasteiger partial charge in [-0.05, 0) is 36.8 Å². The molecular formula is C19H26N2O3S. The maximum absolute atomic E-state index is 12.5. The number of likely N-dealkylation sites (tertiary alicyclic amines) is 2. The van der Waals surface area contributed by atoms with Gasteiger partial charge in [-0.3, -0.25) is 14.5 Å². The van der Waals surface area contributed by atoms with Crippen LogP contribution in [0.3, 0.4) is 0 Å². The normalized spacial score (nSPS) is 23.2. The first kappa shape index (κ1) is 18.1. The molecule has 1 aromatic heterocycles. The van der Waals surface area contributed by atoms with E-state index in [1.165, 1.54) is 17.6 Å². The van der Waals surface area contributed by atoms with Gasteiger partial charge in [0.05, 0.1) is 18.6 Å². The lowest BCUT2D eigenvalue weighted by molar-refractivity contribution is -0.150. The first-order valence-corrected chi connectivity index (χ1v) is 9.64. The molecule has 1 aromatic rings. The van der Waals surface area contributed by atoms with Gasteiger partial charge in [0.25, 0.3) is 0 Å². The minimum absolute atomic E-state index is 0.0397. The fraction of sp³-hybridized carbons (Fsp3) is 0.579. The molecule has 3 rings (SSSR count). The fourth-order valence-corrected chi connectivity index (χ4v) is 5.20.